The molecule has 0 aliphatic heterocycles. The van der Waals surface area contributed by atoms with Gasteiger partial charge in [0.2, 0.25) is 5.95 Å². The molecule has 0 aromatic carbocycles. The summed E-state index contributed by atoms with van der Waals surface area (Å²) in [6.45, 7) is 6.26. The van der Waals surface area contributed by atoms with E-state index in [4.69, 9.17) is 10.7 Å². The minimum absolute atomic E-state index is 0.253. The Morgan fingerprint density at radius 2 is 2.00 bits per heavy atom. The fourth-order valence-electron chi connectivity index (χ4n) is 2.99. The van der Waals surface area contributed by atoms with Gasteiger partial charge < -0.3 is 15.3 Å². The zero-order valence-electron chi connectivity index (χ0n) is 13.2. The van der Waals surface area contributed by atoms with E-state index >= 15 is 0 Å². The molecule has 4 aromatic rings. The van der Waals surface area contributed by atoms with Gasteiger partial charge >= 0.3 is 0 Å². The van der Waals surface area contributed by atoms with Crippen LogP contribution in [0.5, 0.6) is 0 Å². The third-order valence-electron chi connectivity index (χ3n) is 3.96. The van der Waals surface area contributed by atoms with E-state index in [0.29, 0.717) is 11.7 Å². The van der Waals surface area contributed by atoms with Gasteiger partial charge in [-0.15, -0.1) is 0 Å². The van der Waals surface area contributed by atoms with Crippen molar-refractivity contribution in [2.75, 3.05) is 5.73 Å². The second kappa shape index (κ2) is 4.77. The lowest BCUT2D eigenvalue weighted by molar-refractivity contribution is 0.595. The molecule has 0 fully saturated rings. The highest BCUT2D eigenvalue weighted by Gasteiger charge is 2.15. The SMILES string of the molecule is Cc1nc2ccc(-c3c[nH]c4nc(N)ncc34)nc2n1C(C)C. The van der Waals surface area contributed by atoms with E-state index in [9.17, 15) is 0 Å². The van der Waals surface area contributed by atoms with Gasteiger partial charge in [0.1, 0.15) is 17.0 Å². The zero-order valence-corrected chi connectivity index (χ0v) is 13.2. The van der Waals surface area contributed by atoms with Crippen LogP contribution in [0.4, 0.5) is 5.95 Å². The average Bonchev–Trinajstić information content (AvgIpc) is 3.05. The normalized spacial score (nSPS) is 11.8. The Morgan fingerprint density at radius 1 is 1.17 bits per heavy atom. The summed E-state index contributed by atoms with van der Waals surface area (Å²) in [6, 6.07) is 4.27. The van der Waals surface area contributed by atoms with Crippen LogP contribution in [0.3, 0.4) is 0 Å². The van der Waals surface area contributed by atoms with E-state index < -0.39 is 0 Å². The van der Waals surface area contributed by atoms with Crippen molar-refractivity contribution in [3.8, 4) is 11.3 Å². The maximum atomic E-state index is 5.63. The summed E-state index contributed by atoms with van der Waals surface area (Å²) in [6.07, 6.45) is 3.61. The Labute approximate surface area is 132 Å². The number of imidazole rings is 1. The lowest BCUT2D eigenvalue weighted by atomic mass is 10.1. The van der Waals surface area contributed by atoms with Crippen molar-refractivity contribution < 1.29 is 0 Å². The Morgan fingerprint density at radius 3 is 2.78 bits per heavy atom. The molecular weight excluding hydrogens is 290 g/mol. The summed E-state index contributed by atoms with van der Waals surface area (Å²) in [5.74, 6) is 1.22. The molecule has 0 atom stereocenters. The second-order valence-electron chi connectivity index (χ2n) is 5.85. The number of nitrogens with one attached hydrogen (secondary N) is 1. The van der Waals surface area contributed by atoms with Gasteiger partial charge in [0.05, 0.1) is 5.69 Å². The Hall–Kier alpha value is -2.96. The fraction of sp³-hybridized carbons (Fsp3) is 0.250. The number of fused-ring (bicyclic) bond motifs is 2. The zero-order chi connectivity index (χ0) is 16.1. The van der Waals surface area contributed by atoms with Gasteiger partial charge in [-0.1, -0.05) is 0 Å². The van der Waals surface area contributed by atoms with Gasteiger partial charge in [-0.05, 0) is 32.9 Å². The summed E-state index contributed by atoms with van der Waals surface area (Å²) >= 11 is 0. The van der Waals surface area contributed by atoms with Crippen LogP contribution < -0.4 is 5.73 Å². The molecule has 4 rings (SSSR count). The first kappa shape index (κ1) is 13.7. The number of hydrogen-bond acceptors (Lipinski definition) is 5. The lowest BCUT2D eigenvalue weighted by Crippen LogP contribution is -2.04. The largest absolute Gasteiger partial charge is 0.368 e. The molecule has 3 N–H and O–H groups in total. The molecule has 0 radical (unpaired) electrons. The molecule has 0 aliphatic rings. The van der Waals surface area contributed by atoms with Crippen molar-refractivity contribution in [1.29, 1.82) is 0 Å². The van der Waals surface area contributed by atoms with Crippen LogP contribution in [0, 0.1) is 6.92 Å². The van der Waals surface area contributed by atoms with Gasteiger partial charge in [0.25, 0.3) is 0 Å². The quantitative estimate of drug-likeness (QED) is 0.593. The van der Waals surface area contributed by atoms with Gasteiger partial charge in [0, 0.05) is 29.4 Å². The molecule has 116 valence electrons. The number of pyridine rings is 1. The smallest absolute Gasteiger partial charge is 0.221 e. The number of aromatic nitrogens is 6. The maximum absolute atomic E-state index is 5.63. The van der Waals surface area contributed by atoms with E-state index in [0.717, 1.165) is 33.6 Å². The molecule has 0 spiro atoms. The molecule has 0 saturated heterocycles. The fourth-order valence-corrected chi connectivity index (χ4v) is 2.99. The van der Waals surface area contributed by atoms with Gasteiger partial charge in [-0.3, -0.25) is 0 Å². The molecular formula is C16H17N7. The highest BCUT2D eigenvalue weighted by atomic mass is 15.1. The number of H-pyrrole nitrogens is 1. The number of hydrogen-bond donors (Lipinski definition) is 2. The molecule has 0 amide bonds. The van der Waals surface area contributed by atoms with E-state index in [1.54, 1.807) is 6.20 Å². The number of aryl methyl sites for hydroxylation is 1. The minimum atomic E-state index is 0.253. The summed E-state index contributed by atoms with van der Waals surface area (Å²) in [5.41, 5.74) is 9.95. The standard InChI is InChI=1S/C16H17N7/c1-8(2)23-9(3)20-13-5-4-12(21-15(13)23)10-6-18-14-11(10)7-19-16(17)22-14/h4-8H,1-3H3,(H3,17,18,19,22). The van der Waals surface area contributed by atoms with Crippen molar-refractivity contribution in [2.24, 2.45) is 0 Å². The third-order valence-corrected chi connectivity index (χ3v) is 3.96. The number of rotatable bonds is 2. The predicted octanol–water partition coefficient (Wildman–Crippen LogP) is 2.84. The number of anilines is 1. The molecule has 23 heavy (non-hydrogen) atoms. The highest BCUT2D eigenvalue weighted by molar-refractivity contribution is 5.93. The predicted molar refractivity (Wildman–Crippen MR) is 89.9 cm³/mol. The number of aromatic amines is 1. The number of nitrogens with zero attached hydrogens (tertiary/aromatic N) is 5. The van der Waals surface area contributed by atoms with Crippen LogP contribution in [0.1, 0.15) is 25.7 Å². The molecule has 0 unspecified atom stereocenters. The molecule has 0 saturated carbocycles. The Bertz CT molecular complexity index is 1030. The molecule has 0 aliphatic carbocycles. The monoisotopic (exact) mass is 307 g/mol. The van der Waals surface area contributed by atoms with Gasteiger partial charge in [0.15, 0.2) is 5.65 Å². The molecule has 4 heterocycles. The van der Waals surface area contributed by atoms with Crippen LogP contribution in [-0.4, -0.2) is 29.5 Å². The Balaban J connectivity index is 1.96. The van der Waals surface area contributed by atoms with E-state index in [1.165, 1.54) is 0 Å². The first-order valence-electron chi connectivity index (χ1n) is 7.50. The maximum Gasteiger partial charge on any atom is 0.221 e. The average molecular weight is 307 g/mol. The van der Waals surface area contributed by atoms with Crippen LogP contribution in [-0.2, 0) is 0 Å². The van der Waals surface area contributed by atoms with Crippen molar-refractivity contribution in [1.82, 2.24) is 29.5 Å². The van der Waals surface area contributed by atoms with Crippen LogP contribution >= 0.6 is 0 Å². The number of nitrogen functional groups attached to an aromatic ring is 1. The topological polar surface area (TPSA) is 98.3 Å². The van der Waals surface area contributed by atoms with Crippen LogP contribution in [0.2, 0.25) is 0 Å². The van der Waals surface area contributed by atoms with E-state index in [2.05, 4.69) is 38.4 Å². The first-order valence-corrected chi connectivity index (χ1v) is 7.50. The molecule has 7 nitrogen and oxygen atoms in total. The summed E-state index contributed by atoms with van der Waals surface area (Å²) < 4.78 is 2.14. The van der Waals surface area contributed by atoms with E-state index in [-0.39, 0.29) is 5.95 Å². The molecule has 4 aromatic heterocycles. The highest BCUT2D eigenvalue weighted by Crippen LogP contribution is 2.28. The minimum Gasteiger partial charge on any atom is -0.368 e. The van der Waals surface area contributed by atoms with Crippen molar-refractivity contribution in [2.45, 2.75) is 26.8 Å². The van der Waals surface area contributed by atoms with Gasteiger partial charge in [-0.2, -0.15) is 4.98 Å². The van der Waals surface area contributed by atoms with Crippen molar-refractivity contribution >= 4 is 28.1 Å². The summed E-state index contributed by atoms with van der Waals surface area (Å²) in [4.78, 5) is 20.8. The number of nitrogens with two attached hydrogens (primary N) is 1. The lowest BCUT2D eigenvalue weighted by Gasteiger charge is -2.10. The molecule has 7 heteroatoms. The summed E-state index contributed by atoms with van der Waals surface area (Å²) in [5, 5.41) is 0.901. The Kier molecular flexibility index (Phi) is 2.84. The first-order chi connectivity index (χ1) is 11.0. The van der Waals surface area contributed by atoms with Crippen molar-refractivity contribution in [3.05, 3.63) is 30.4 Å². The summed E-state index contributed by atoms with van der Waals surface area (Å²) in [7, 11) is 0. The van der Waals surface area contributed by atoms with E-state index in [1.807, 2.05) is 25.3 Å². The van der Waals surface area contributed by atoms with Gasteiger partial charge in [-0.25, -0.2) is 15.0 Å². The van der Waals surface area contributed by atoms with Crippen molar-refractivity contribution in [3.63, 3.8) is 0 Å². The second-order valence-corrected chi connectivity index (χ2v) is 5.85. The van der Waals surface area contributed by atoms with Crippen LogP contribution in [0.25, 0.3) is 33.5 Å². The third kappa shape index (κ3) is 2.04. The van der Waals surface area contributed by atoms with Crippen LogP contribution in [0.15, 0.2) is 24.5 Å². The molecule has 0 bridgehead atoms.